The van der Waals surface area contributed by atoms with E-state index in [4.69, 9.17) is 27.9 Å². The number of hydrogen-bond acceptors (Lipinski definition) is 4. The molecule has 0 aromatic heterocycles. The van der Waals surface area contributed by atoms with Gasteiger partial charge in [-0.2, -0.15) is 0 Å². The molecule has 4 nitrogen and oxygen atoms in total. The Morgan fingerprint density at radius 1 is 1.14 bits per heavy atom. The zero-order valence-corrected chi connectivity index (χ0v) is 13.9. The molecule has 0 aliphatic rings. The van der Waals surface area contributed by atoms with Crippen LogP contribution in [0.1, 0.15) is 20.3 Å². The number of ether oxygens (including phenoxy) is 1. The van der Waals surface area contributed by atoms with Gasteiger partial charge in [0.25, 0.3) is 0 Å². The molecule has 0 bridgehead atoms. The zero-order chi connectivity index (χ0) is 15.8. The van der Waals surface area contributed by atoms with Gasteiger partial charge in [0.2, 0.25) is 0 Å². The minimum atomic E-state index is -0.678. The van der Waals surface area contributed by atoms with Gasteiger partial charge in [-0.1, -0.05) is 37.0 Å². The van der Waals surface area contributed by atoms with Gasteiger partial charge in [0.15, 0.2) is 0 Å². The van der Waals surface area contributed by atoms with Gasteiger partial charge in [0.05, 0.1) is 11.1 Å². The fourth-order valence-corrected chi connectivity index (χ4v) is 2.34. The van der Waals surface area contributed by atoms with Gasteiger partial charge < -0.3 is 20.3 Å². The van der Waals surface area contributed by atoms with Gasteiger partial charge >= 0.3 is 0 Å². The standard InChI is InChI=1S/C15H23Cl2NO3/c1-10(2)5-12(19)7-18-8-13(20)9-21-15-4-3-11(16)6-14(15)17/h3-4,6,10,12-13,18-20H,5,7-9H2,1-2H3. The van der Waals surface area contributed by atoms with Crippen molar-refractivity contribution in [2.75, 3.05) is 19.7 Å². The minimum Gasteiger partial charge on any atom is -0.489 e. The van der Waals surface area contributed by atoms with Crippen molar-refractivity contribution >= 4 is 23.2 Å². The first-order chi connectivity index (χ1) is 9.88. The number of aliphatic hydroxyl groups excluding tert-OH is 2. The van der Waals surface area contributed by atoms with Gasteiger partial charge in [0.1, 0.15) is 18.5 Å². The molecule has 0 radical (unpaired) electrons. The molecule has 1 rings (SSSR count). The van der Waals surface area contributed by atoms with Crippen LogP contribution >= 0.6 is 23.2 Å². The smallest absolute Gasteiger partial charge is 0.138 e. The number of aliphatic hydroxyl groups is 2. The van der Waals surface area contributed by atoms with E-state index in [9.17, 15) is 10.2 Å². The third-order valence-corrected chi connectivity index (χ3v) is 3.36. The van der Waals surface area contributed by atoms with Crippen LogP contribution in [0, 0.1) is 5.92 Å². The zero-order valence-electron chi connectivity index (χ0n) is 12.4. The van der Waals surface area contributed by atoms with Gasteiger partial charge in [0, 0.05) is 18.1 Å². The molecule has 0 aliphatic carbocycles. The van der Waals surface area contributed by atoms with E-state index in [-0.39, 0.29) is 6.61 Å². The molecule has 0 spiro atoms. The van der Waals surface area contributed by atoms with E-state index in [2.05, 4.69) is 19.2 Å². The molecule has 0 saturated heterocycles. The largest absolute Gasteiger partial charge is 0.489 e. The first kappa shape index (κ1) is 18.5. The van der Waals surface area contributed by atoms with Crippen LogP contribution in [0.5, 0.6) is 5.75 Å². The predicted octanol–water partition coefficient (Wildman–Crippen LogP) is 2.73. The first-order valence-electron chi connectivity index (χ1n) is 7.03. The SMILES string of the molecule is CC(C)CC(O)CNCC(O)COc1ccc(Cl)cc1Cl. The highest BCUT2D eigenvalue weighted by Gasteiger charge is 2.10. The van der Waals surface area contributed by atoms with Crippen LogP contribution in [-0.2, 0) is 0 Å². The summed E-state index contributed by atoms with van der Waals surface area (Å²) in [5, 5.41) is 23.5. The first-order valence-corrected chi connectivity index (χ1v) is 7.78. The van der Waals surface area contributed by atoms with Crippen molar-refractivity contribution < 1.29 is 14.9 Å². The Morgan fingerprint density at radius 3 is 2.43 bits per heavy atom. The van der Waals surface area contributed by atoms with Gasteiger partial charge in [-0.15, -0.1) is 0 Å². The van der Waals surface area contributed by atoms with Crippen LogP contribution in [0.2, 0.25) is 10.0 Å². The van der Waals surface area contributed by atoms with Crippen LogP contribution in [0.4, 0.5) is 0 Å². The van der Waals surface area contributed by atoms with Crippen LogP contribution < -0.4 is 10.1 Å². The van der Waals surface area contributed by atoms with E-state index < -0.39 is 12.2 Å². The van der Waals surface area contributed by atoms with E-state index in [0.717, 1.165) is 6.42 Å². The molecule has 0 aliphatic heterocycles. The summed E-state index contributed by atoms with van der Waals surface area (Å²) in [5.41, 5.74) is 0. The normalized spacial score (nSPS) is 14.2. The highest BCUT2D eigenvalue weighted by Crippen LogP contribution is 2.27. The van der Waals surface area contributed by atoms with Crippen LogP contribution in [0.3, 0.4) is 0 Å². The van der Waals surface area contributed by atoms with Crippen molar-refractivity contribution in [2.24, 2.45) is 5.92 Å². The Hall–Kier alpha value is -0.520. The number of nitrogens with one attached hydrogen (secondary N) is 1. The molecule has 0 fully saturated rings. The van der Waals surface area contributed by atoms with Crippen molar-refractivity contribution in [3.05, 3.63) is 28.2 Å². The Morgan fingerprint density at radius 2 is 1.81 bits per heavy atom. The summed E-state index contributed by atoms with van der Waals surface area (Å²) < 4.78 is 5.43. The quantitative estimate of drug-likeness (QED) is 0.649. The van der Waals surface area contributed by atoms with Crippen molar-refractivity contribution in [1.82, 2.24) is 5.32 Å². The van der Waals surface area contributed by atoms with Crippen molar-refractivity contribution in [3.8, 4) is 5.75 Å². The molecule has 0 saturated carbocycles. The topological polar surface area (TPSA) is 61.7 Å². The highest BCUT2D eigenvalue weighted by atomic mass is 35.5. The summed E-state index contributed by atoms with van der Waals surface area (Å²) in [7, 11) is 0. The third kappa shape index (κ3) is 7.88. The molecule has 1 aromatic rings. The van der Waals surface area contributed by atoms with Crippen molar-refractivity contribution in [2.45, 2.75) is 32.5 Å². The molecule has 3 N–H and O–H groups in total. The fourth-order valence-electron chi connectivity index (χ4n) is 1.88. The number of rotatable bonds is 9. The summed E-state index contributed by atoms with van der Waals surface area (Å²) >= 11 is 11.8. The molecular weight excluding hydrogens is 313 g/mol. The molecular formula is C15H23Cl2NO3. The van der Waals surface area contributed by atoms with Crippen LogP contribution in [0.15, 0.2) is 18.2 Å². The third-order valence-electron chi connectivity index (χ3n) is 2.83. The van der Waals surface area contributed by atoms with E-state index >= 15 is 0 Å². The Labute approximate surface area is 136 Å². The molecule has 2 unspecified atom stereocenters. The summed E-state index contributed by atoms with van der Waals surface area (Å²) in [4.78, 5) is 0. The van der Waals surface area contributed by atoms with E-state index in [0.29, 0.717) is 34.8 Å². The maximum atomic E-state index is 9.81. The number of halogens is 2. The Kier molecular flexibility index (Phi) is 8.37. The Bertz CT molecular complexity index is 429. The minimum absolute atomic E-state index is 0.120. The summed E-state index contributed by atoms with van der Waals surface area (Å²) in [6, 6.07) is 4.93. The second-order valence-corrected chi connectivity index (χ2v) is 6.32. The fraction of sp³-hybridized carbons (Fsp3) is 0.600. The predicted molar refractivity (Wildman–Crippen MR) is 86.3 cm³/mol. The maximum Gasteiger partial charge on any atom is 0.138 e. The van der Waals surface area contributed by atoms with Crippen LogP contribution in [-0.4, -0.2) is 42.1 Å². The van der Waals surface area contributed by atoms with E-state index in [1.54, 1.807) is 18.2 Å². The molecule has 21 heavy (non-hydrogen) atoms. The van der Waals surface area contributed by atoms with Crippen molar-refractivity contribution in [1.29, 1.82) is 0 Å². The molecule has 6 heteroatoms. The van der Waals surface area contributed by atoms with Gasteiger partial charge in [-0.05, 0) is 30.5 Å². The molecule has 0 heterocycles. The molecule has 2 atom stereocenters. The number of hydrogen-bond donors (Lipinski definition) is 3. The van der Waals surface area contributed by atoms with Gasteiger partial charge in [-0.25, -0.2) is 0 Å². The van der Waals surface area contributed by atoms with E-state index in [1.165, 1.54) is 0 Å². The molecule has 1 aromatic carbocycles. The van der Waals surface area contributed by atoms with Crippen molar-refractivity contribution in [3.63, 3.8) is 0 Å². The highest BCUT2D eigenvalue weighted by molar-refractivity contribution is 6.35. The second kappa shape index (κ2) is 9.49. The molecule has 120 valence electrons. The lowest BCUT2D eigenvalue weighted by molar-refractivity contribution is 0.0966. The Balaban J connectivity index is 2.23. The number of benzene rings is 1. The second-order valence-electron chi connectivity index (χ2n) is 5.48. The summed E-state index contributed by atoms with van der Waals surface area (Å²) in [6.45, 7) is 5.04. The average molecular weight is 336 g/mol. The monoisotopic (exact) mass is 335 g/mol. The summed E-state index contributed by atoms with van der Waals surface area (Å²) in [6.07, 6.45) is -0.341. The lowest BCUT2D eigenvalue weighted by atomic mass is 10.1. The average Bonchev–Trinajstić information content (AvgIpc) is 2.36. The lowest BCUT2D eigenvalue weighted by Gasteiger charge is -2.17. The summed E-state index contributed by atoms with van der Waals surface area (Å²) in [5.74, 6) is 0.932. The maximum absolute atomic E-state index is 9.81. The van der Waals surface area contributed by atoms with Crippen LogP contribution in [0.25, 0.3) is 0 Å². The molecule has 0 amide bonds. The van der Waals surface area contributed by atoms with E-state index in [1.807, 2.05) is 0 Å². The van der Waals surface area contributed by atoms with Gasteiger partial charge in [-0.3, -0.25) is 0 Å². The lowest BCUT2D eigenvalue weighted by Crippen LogP contribution is -2.36.